The summed E-state index contributed by atoms with van der Waals surface area (Å²) >= 11 is 0. The van der Waals surface area contributed by atoms with Gasteiger partial charge in [0.1, 0.15) is 11.5 Å². The highest BCUT2D eigenvalue weighted by Crippen LogP contribution is 2.34. The predicted molar refractivity (Wildman–Crippen MR) is 148 cm³/mol. The molecule has 0 unspecified atom stereocenters. The van der Waals surface area contributed by atoms with Crippen molar-refractivity contribution in [2.75, 3.05) is 26.2 Å². The fourth-order valence-electron chi connectivity index (χ4n) is 4.72. The molecule has 0 spiro atoms. The van der Waals surface area contributed by atoms with Gasteiger partial charge in [-0.05, 0) is 55.2 Å². The number of nitrogens with zero attached hydrogens (tertiary/aromatic N) is 1. The van der Waals surface area contributed by atoms with Gasteiger partial charge in [-0.1, -0.05) is 60.7 Å². The summed E-state index contributed by atoms with van der Waals surface area (Å²) in [5, 5.41) is 3.16. The number of fused-ring (bicyclic) bond motifs is 1. The Balaban J connectivity index is 1.03. The van der Waals surface area contributed by atoms with Crippen molar-refractivity contribution in [3.05, 3.63) is 113 Å². The average Bonchev–Trinajstić information content (AvgIpc) is 3.27. The number of likely N-dealkylation sites (tertiary alicyclic amines) is 1. The van der Waals surface area contributed by atoms with Gasteiger partial charge in [-0.15, -0.1) is 0 Å². The van der Waals surface area contributed by atoms with Crippen LogP contribution in [0.2, 0.25) is 0 Å². The fraction of sp³-hybridized carbons (Fsp3) is 0.250. The van der Waals surface area contributed by atoms with Crippen molar-refractivity contribution < 1.29 is 19.1 Å². The van der Waals surface area contributed by atoms with Gasteiger partial charge in [0.05, 0.1) is 12.2 Å². The number of hydrogen-bond acceptors (Lipinski definition) is 5. The number of amides is 1. The smallest absolute Gasteiger partial charge is 0.251 e. The van der Waals surface area contributed by atoms with Gasteiger partial charge in [0, 0.05) is 37.3 Å². The summed E-state index contributed by atoms with van der Waals surface area (Å²) < 4.78 is 11.8. The molecule has 0 atom stereocenters. The van der Waals surface area contributed by atoms with E-state index in [1.807, 2.05) is 78.9 Å². The molecule has 2 aliphatic heterocycles. The number of rotatable bonds is 9. The molecule has 0 aliphatic carbocycles. The minimum absolute atomic E-state index is 0.00346. The number of carbonyl (C=O) groups excluding carboxylic acids is 2. The summed E-state index contributed by atoms with van der Waals surface area (Å²) in [6.07, 6.45) is 8.26. The summed E-state index contributed by atoms with van der Waals surface area (Å²) in [6.45, 7) is 3.45. The quantitative estimate of drug-likeness (QED) is 0.304. The van der Waals surface area contributed by atoms with Crippen LogP contribution in [0.4, 0.5) is 0 Å². The SMILES string of the molecule is O=C(NC1CCN(CCCOc2ccc3c(c2)OC(=CC=Cc2ccccc2)C3=O)CC1)c1ccccc1. The van der Waals surface area contributed by atoms with E-state index in [9.17, 15) is 9.59 Å². The molecule has 3 aromatic rings. The van der Waals surface area contributed by atoms with Gasteiger partial charge >= 0.3 is 0 Å². The van der Waals surface area contributed by atoms with Crippen molar-refractivity contribution in [3.8, 4) is 11.5 Å². The zero-order chi connectivity index (χ0) is 26.2. The molecule has 0 radical (unpaired) electrons. The number of hydrogen-bond donors (Lipinski definition) is 1. The maximum absolute atomic E-state index is 12.6. The third-order valence-electron chi connectivity index (χ3n) is 6.82. The van der Waals surface area contributed by atoms with Crippen molar-refractivity contribution in [3.63, 3.8) is 0 Å². The molecule has 0 aromatic heterocycles. The van der Waals surface area contributed by atoms with Gasteiger partial charge in [0.15, 0.2) is 5.76 Å². The van der Waals surface area contributed by atoms with Crippen LogP contribution in [0.1, 0.15) is 45.5 Å². The molecule has 5 rings (SSSR count). The Labute approximate surface area is 223 Å². The zero-order valence-electron chi connectivity index (χ0n) is 21.3. The molecule has 6 nitrogen and oxygen atoms in total. The number of ketones is 1. The van der Waals surface area contributed by atoms with Crippen LogP contribution in [0.3, 0.4) is 0 Å². The predicted octanol–water partition coefficient (Wildman–Crippen LogP) is 5.52. The van der Waals surface area contributed by atoms with Crippen LogP contribution < -0.4 is 14.8 Å². The number of allylic oxidation sites excluding steroid dienone is 3. The molecule has 2 heterocycles. The van der Waals surface area contributed by atoms with Gasteiger partial charge < -0.3 is 19.7 Å². The van der Waals surface area contributed by atoms with Crippen LogP contribution in [0.25, 0.3) is 6.08 Å². The standard InChI is InChI=1S/C32H32N2O4/c35-31-28-16-15-27(23-30(28)38-29(31)14-7-11-24-9-3-1-4-10-24)37-22-8-19-34-20-17-26(18-21-34)33-32(36)25-12-5-2-6-13-25/h1-7,9-16,23,26H,8,17-22H2,(H,33,36). The van der Waals surface area contributed by atoms with Crippen LogP contribution >= 0.6 is 0 Å². The Morgan fingerprint density at radius 3 is 2.50 bits per heavy atom. The van der Waals surface area contributed by atoms with E-state index >= 15 is 0 Å². The third-order valence-corrected chi connectivity index (χ3v) is 6.82. The fourth-order valence-corrected chi connectivity index (χ4v) is 4.72. The highest BCUT2D eigenvalue weighted by Gasteiger charge is 2.27. The Morgan fingerprint density at radius 2 is 1.74 bits per heavy atom. The van der Waals surface area contributed by atoms with Crippen molar-refractivity contribution >= 4 is 17.8 Å². The lowest BCUT2D eigenvalue weighted by atomic mass is 10.0. The number of benzene rings is 3. The van der Waals surface area contributed by atoms with E-state index in [2.05, 4.69) is 10.2 Å². The minimum Gasteiger partial charge on any atom is -0.493 e. The van der Waals surface area contributed by atoms with Crippen LogP contribution in [0.5, 0.6) is 11.5 Å². The number of carbonyl (C=O) groups is 2. The van der Waals surface area contributed by atoms with Crippen molar-refractivity contribution in [2.24, 2.45) is 0 Å². The first kappa shape index (κ1) is 25.5. The Bertz CT molecular complexity index is 1310. The van der Waals surface area contributed by atoms with Crippen molar-refractivity contribution in [1.29, 1.82) is 0 Å². The molecule has 1 amide bonds. The number of Topliss-reactive ketones (excluding diaryl/α,β-unsaturated/α-hetero) is 1. The number of piperidine rings is 1. The van der Waals surface area contributed by atoms with E-state index in [-0.39, 0.29) is 17.7 Å². The van der Waals surface area contributed by atoms with Crippen LogP contribution in [-0.4, -0.2) is 48.9 Å². The van der Waals surface area contributed by atoms with E-state index in [1.165, 1.54) is 0 Å². The second kappa shape index (κ2) is 12.4. The molecule has 1 N–H and O–H groups in total. The maximum Gasteiger partial charge on any atom is 0.251 e. The summed E-state index contributed by atoms with van der Waals surface area (Å²) in [6, 6.07) is 24.9. The molecular formula is C32H32N2O4. The zero-order valence-corrected chi connectivity index (χ0v) is 21.3. The first-order valence-corrected chi connectivity index (χ1v) is 13.2. The summed E-state index contributed by atoms with van der Waals surface area (Å²) in [4.78, 5) is 27.4. The highest BCUT2D eigenvalue weighted by molar-refractivity contribution is 6.12. The second-order valence-corrected chi connectivity index (χ2v) is 9.55. The lowest BCUT2D eigenvalue weighted by Crippen LogP contribution is -2.45. The Kier molecular flexibility index (Phi) is 8.31. The largest absolute Gasteiger partial charge is 0.493 e. The van der Waals surface area contributed by atoms with Gasteiger partial charge in [0.2, 0.25) is 5.78 Å². The van der Waals surface area contributed by atoms with Gasteiger partial charge in [-0.3, -0.25) is 9.59 Å². The van der Waals surface area contributed by atoms with Gasteiger partial charge in [-0.2, -0.15) is 0 Å². The molecule has 0 saturated carbocycles. The molecule has 2 aliphatic rings. The van der Waals surface area contributed by atoms with Crippen LogP contribution in [0.15, 0.2) is 96.8 Å². The first-order chi connectivity index (χ1) is 18.7. The highest BCUT2D eigenvalue weighted by atomic mass is 16.5. The van der Waals surface area contributed by atoms with Crippen molar-refractivity contribution in [2.45, 2.75) is 25.3 Å². The molecular weight excluding hydrogens is 476 g/mol. The summed E-state index contributed by atoms with van der Waals surface area (Å²) in [5.74, 6) is 1.43. The Hall–Kier alpha value is -4.16. The van der Waals surface area contributed by atoms with Gasteiger partial charge in [0.25, 0.3) is 5.91 Å². The van der Waals surface area contributed by atoms with Crippen molar-refractivity contribution in [1.82, 2.24) is 10.2 Å². The lowest BCUT2D eigenvalue weighted by molar-refractivity contribution is 0.0909. The van der Waals surface area contributed by atoms with Crippen LogP contribution in [-0.2, 0) is 0 Å². The topological polar surface area (TPSA) is 67.9 Å². The number of ether oxygens (including phenoxy) is 2. The first-order valence-electron chi connectivity index (χ1n) is 13.2. The molecule has 0 bridgehead atoms. The van der Waals surface area contributed by atoms with Gasteiger partial charge in [-0.25, -0.2) is 0 Å². The third kappa shape index (κ3) is 6.58. The summed E-state index contributed by atoms with van der Waals surface area (Å²) in [7, 11) is 0. The van der Waals surface area contributed by atoms with E-state index in [1.54, 1.807) is 18.2 Å². The Morgan fingerprint density at radius 1 is 1.00 bits per heavy atom. The molecule has 38 heavy (non-hydrogen) atoms. The molecule has 6 heteroatoms. The minimum atomic E-state index is -0.118. The van der Waals surface area contributed by atoms with E-state index in [0.29, 0.717) is 35.0 Å². The molecule has 1 saturated heterocycles. The van der Waals surface area contributed by atoms with E-state index in [4.69, 9.17) is 9.47 Å². The van der Waals surface area contributed by atoms with E-state index < -0.39 is 0 Å². The normalized spacial score (nSPS) is 16.9. The average molecular weight is 509 g/mol. The molecule has 3 aromatic carbocycles. The monoisotopic (exact) mass is 508 g/mol. The molecule has 194 valence electrons. The number of nitrogens with one attached hydrogen (secondary N) is 1. The summed E-state index contributed by atoms with van der Waals surface area (Å²) in [5.41, 5.74) is 2.32. The second-order valence-electron chi connectivity index (χ2n) is 9.55. The van der Waals surface area contributed by atoms with E-state index in [0.717, 1.165) is 44.5 Å². The lowest BCUT2D eigenvalue weighted by Gasteiger charge is -2.32. The maximum atomic E-state index is 12.6. The molecule has 1 fully saturated rings. The van der Waals surface area contributed by atoms with Crippen LogP contribution in [0, 0.1) is 0 Å².